The average molecular weight is 327 g/mol. The summed E-state index contributed by atoms with van der Waals surface area (Å²) in [5.41, 5.74) is 0. The van der Waals surface area contributed by atoms with Crippen molar-refractivity contribution in [1.82, 2.24) is 4.72 Å². The highest BCUT2D eigenvalue weighted by Crippen LogP contribution is 2.50. The zero-order chi connectivity index (χ0) is 15.2. The molecule has 0 bridgehead atoms. The van der Waals surface area contributed by atoms with E-state index in [1.54, 1.807) is 0 Å². The molecule has 0 aromatic heterocycles. The Labute approximate surface area is 96.2 Å². The number of halogens is 7. The second kappa shape index (κ2) is 4.19. The molecule has 0 radical (unpaired) electrons. The van der Waals surface area contributed by atoms with Crippen molar-refractivity contribution in [2.75, 3.05) is 7.05 Å². The van der Waals surface area contributed by atoms with Crippen LogP contribution in [0.15, 0.2) is 0 Å². The topological polar surface area (TPSA) is 80.3 Å². The van der Waals surface area contributed by atoms with E-state index in [2.05, 4.69) is 0 Å². The first-order chi connectivity index (χ1) is 7.56. The van der Waals surface area contributed by atoms with Crippen molar-refractivity contribution in [3.63, 3.8) is 0 Å². The third-order valence-electron chi connectivity index (χ3n) is 1.64. The van der Waals surface area contributed by atoms with E-state index in [4.69, 9.17) is 0 Å². The lowest BCUT2D eigenvalue weighted by atomic mass is 10.3. The molecule has 1 N–H and O–H groups in total. The highest BCUT2D eigenvalue weighted by atomic mass is 32.3. The van der Waals surface area contributed by atoms with Gasteiger partial charge in [-0.25, -0.2) is 13.1 Å². The van der Waals surface area contributed by atoms with Crippen molar-refractivity contribution < 1.29 is 47.1 Å². The molecule has 0 heterocycles. The van der Waals surface area contributed by atoms with Crippen LogP contribution in [-0.2, 0) is 20.2 Å². The van der Waals surface area contributed by atoms with Gasteiger partial charge in [-0.2, -0.15) is 34.8 Å². The lowest BCUT2D eigenvalue weighted by Crippen LogP contribution is -2.61. The van der Waals surface area contributed by atoms with E-state index < -0.39 is 36.7 Å². The Morgan fingerprint density at radius 3 is 1.39 bits per heavy atom. The van der Waals surface area contributed by atoms with Gasteiger partial charge in [-0.3, -0.25) is 0 Å². The first-order valence-electron chi connectivity index (χ1n) is 3.57. The van der Waals surface area contributed by atoms with Crippen LogP contribution in [0.2, 0.25) is 0 Å². The van der Waals surface area contributed by atoms with Crippen molar-refractivity contribution in [3.8, 4) is 0 Å². The van der Waals surface area contributed by atoms with E-state index in [0.717, 1.165) is 0 Å². The summed E-state index contributed by atoms with van der Waals surface area (Å²) in [5.74, 6) is -7.02. The van der Waals surface area contributed by atoms with Crippen molar-refractivity contribution >= 4 is 20.2 Å². The van der Waals surface area contributed by atoms with Crippen LogP contribution in [-0.4, -0.2) is 40.3 Å². The maximum Gasteiger partial charge on any atom is 0.443 e. The Kier molecular flexibility index (Phi) is 4.05. The minimum Gasteiger partial charge on any atom is -0.213 e. The van der Waals surface area contributed by atoms with Crippen LogP contribution in [0.1, 0.15) is 0 Å². The Morgan fingerprint density at radius 2 is 1.17 bits per heavy atom. The van der Waals surface area contributed by atoms with E-state index in [9.17, 15) is 47.1 Å². The largest absolute Gasteiger partial charge is 0.443 e. The number of hydrogen-bond donors (Lipinski definition) is 1. The lowest BCUT2D eigenvalue weighted by Gasteiger charge is -2.29. The van der Waals surface area contributed by atoms with Gasteiger partial charge >= 0.3 is 26.7 Å². The summed E-state index contributed by atoms with van der Waals surface area (Å²) in [6.45, 7) is 0. The van der Waals surface area contributed by atoms with E-state index in [0.29, 0.717) is 4.72 Å². The summed E-state index contributed by atoms with van der Waals surface area (Å²) in [4.78, 5) is 0. The van der Waals surface area contributed by atoms with Crippen LogP contribution in [0.4, 0.5) is 30.2 Å². The molecule has 0 aliphatic heterocycles. The molecule has 0 atom stereocenters. The molecule has 5 nitrogen and oxygen atoms in total. The van der Waals surface area contributed by atoms with Gasteiger partial charge in [0.05, 0.1) is 0 Å². The number of hydrogen-bond acceptors (Lipinski definition) is 4. The number of nitrogens with one attached hydrogen (secondary N) is 1. The fourth-order valence-corrected chi connectivity index (χ4v) is 1.84. The fraction of sp³-hybridized carbons (Fsp3) is 1.00. The SMILES string of the molecule is CNS(=O)(=O)C(F)(F)C(F)(F)C(F)(F)S(=O)(=O)F. The molecular formula is C4H4F7NO4S2. The second-order valence-electron chi connectivity index (χ2n) is 2.75. The monoisotopic (exact) mass is 327 g/mol. The molecular weight excluding hydrogens is 323 g/mol. The molecule has 14 heteroatoms. The van der Waals surface area contributed by atoms with Crippen LogP contribution in [0.5, 0.6) is 0 Å². The Morgan fingerprint density at radius 1 is 0.833 bits per heavy atom. The third-order valence-corrected chi connectivity index (χ3v) is 3.98. The summed E-state index contributed by atoms with van der Waals surface area (Å²) in [6, 6.07) is 0. The van der Waals surface area contributed by atoms with E-state index in [1.165, 1.54) is 0 Å². The van der Waals surface area contributed by atoms with Gasteiger partial charge in [-0.05, 0) is 7.05 Å². The third kappa shape index (κ3) is 2.16. The molecule has 110 valence electrons. The van der Waals surface area contributed by atoms with Crippen LogP contribution in [0, 0.1) is 0 Å². The van der Waals surface area contributed by atoms with Gasteiger partial charge in [0.2, 0.25) is 0 Å². The quantitative estimate of drug-likeness (QED) is 0.594. The van der Waals surface area contributed by atoms with Crippen LogP contribution >= 0.6 is 0 Å². The highest BCUT2D eigenvalue weighted by Gasteiger charge is 2.82. The molecule has 0 aromatic carbocycles. The summed E-state index contributed by atoms with van der Waals surface area (Å²) in [6.07, 6.45) is 0. The second-order valence-corrected chi connectivity index (χ2v) is 6.07. The van der Waals surface area contributed by atoms with Gasteiger partial charge in [0.1, 0.15) is 0 Å². The molecule has 0 unspecified atom stereocenters. The zero-order valence-corrected chi connectivity index (χ0v) is 9.73. The number of sulfonamides is 1. The Hall–Kier alpha value is -0.630. The lowest BCUT2D eigenvalue weighted by molar-refractivity contribution is -0.245. The Balaban J connectivity index is 6.13. The first-order valence-corrected chi connectivity index (χ1v) is 6.43. The van der Waals surface area contributed by atoms with Crippen molar-refractivity contribution in [2.45, 2.75) is 16.4 Å². The standard InChI is InChI=1S/C4H4F7NO4S2/c1-12-18(15,16)4(9,10)2(5,6)3(7,8)17(11,13)14/h12H,1H3. The average Bonchev–Trinajstić information content (AvgIpc) is 2.15. The van der Waals surface area contributed by atoms with E-state index in [1.807, 2.05) is 0 Å². The molecule has 0 aliphatic rings. The Bertz CT molecular complexity index is 524. The van der Waals surface area contributed by atoms with Crippen LogP contribution < -0.4 is 4.72 Å². The molecule has 18 heavy (non-hydrogen) atoms. The van der Waals surface area contributed by atoms with Gasteiger partial charge in [0.25, 0.3) is 10.0 Å². The van der Waals surface area contributed by atoms with Gasteiger partial charge in [0.15, 0.2) is 0 Å². The molecule has 0 rings (SSSR count). The van der Waals surface area contributed by atoms with Gasteiger partial charge in [0, 0.05) is 0 Å². The number of rotatable bonds is 5. The summed E-state index contributed by atoms with van der Waals surface area (Å²) < 4.78 is 128. The maximum atomic E-state index is 12.7. The van der Waals surface area contributed by atoms with Crippen molar-refractivity contribution in [1.29, 1.82) is 0 Å². The zero-order valence-electron chi connectivity index (χ0n) is 8.10. The predicted molar refractivity (Wildman–Crippen MR) is 42.8 cm³/mol. The maximum absolute atomic E-state index is 12.7. The van der Waals surface area contributed by atoms with Crippen molar-refractivity contribution in [2.24, 2.45) is 0 Å². The molecule has 0 fully saturated rings. The minimum absolute atomic E-state index is 0.182. The summed E-state index contributed by atoms with van der Waals surface area (Å²) in [5, 5.41) is -13.5. The minimum atomic E-state index is -7.47. The summed E-state index contributed by atoms with van der Waals surface area (Å²) in [7, 11) is -13.6. The number of alkyl halides is 6. The van der Waals surface area contributed by atoms with Gasteiger partial charge in [-0.1, -0.05) is 3.89 Å². The van der Waals surface area contributed by atoms with Crippen molar-refractivity contribution in [3.05, 3.63) is 0 Å². The van der Waals surface area contributed by atoms with Gasteiger partial charge in [-0.15, -0.1) is 0 Å². The first kappa shape index (κ1) is 17.4. The highest BCUT2D eigenvalue weighted by molar-refractivity contribution is 7.91. The smallest absolute Gasteiger partial charge is 0.213 e. The molecule has 0 aromatic rings. The molecule has 0 amide bonds. The molecule has 0 spiro atoms. The predicted octanol–water partition coefficient (Wildman–Crippen LogP) is 0.656. The normalized spacial score (nSPS) is 15.8. The van der Waals surface area contributed by atoms with Crippen LogP contribution in [0.25, 0.3) is 0 Å². The molecule has 0 saturated heterocycles. The van der Waals surface area contributed by atoms with Crippen LogP contribution in [0.3, 0.4) is 0 Å². The molecule has 0 aliphatic carbocycles. The van der Waals surface area contributed by atoms with Gasteiger partial charge < -0.3 is 0 Å². The van der Waals surface area contributed by atoms with E-state index >= 15 is 0 Å². The molecule has 0 saturated carbocycles. The summed E-state index contributed by atoms with van der Waals surface area (Å²) >= 11 is 0. The van der Waals surface area contributed by atoms with E-state index in [-0.39, 0.29) is 7.05 Å². The fourth-order valence-electron chi connectivity index (χ4n) is 0.619.